The van der Waals surface area contributed by atoms with E-state index in [0.717, 1.165) is 12.1 Å². The van der Waals surface area contributed by atoms with Crippen LogP contribution in [0.3, 0.4) is 0 Å². The minimum Gasteiger partial charge on any atom is -0.508 e. The van der Waals surface area contributed by atoms with Crippen LogP contribution in [0.25, 0.3) is 0 Å². The van der Waals surface area contributed by atoms with E-state index in [-0.39, 0.29) is 53.3 Å². The molecule has 1 aliphatic rings. The van der Waals surface area contributed by atoms with Crippen molar-refractivity contribution < 1.29 is 35.1 Å². The van der Waals surface area contributed by atoms with Gasteiger partial charge in [0, 0.05) is 29.9 Å². The number of aromatic hydroxyl groups is 4. The third kappa shape index (κ3) is 3.50. The van der Waals surface area contributed by atoms with Crippen molar-refractivity contribution in [3.05, 3.63) is 41.0 Å². The number of phenols is 4. The second kappa shape index (κ2) is 7.36. The molecule has 5 N–H and O–H groups in total. The van der Waals surface area contributed by atoms with Crippen LogP contribution >= 0.6 is 0 Å². The fourth-order valence-corrected chi connectivity index (χ4v) is 3.27. The number of carbonyl (C=O) groups is 1. The Morgan fingerprint density at radius 1 is 1.11 bits per heavy atom. The maximum Gasteiger partial charge on any atom is 0.181 e. The van der Waals surface area contributed by atoms with Crippen molar-refractivity contribution >= 4 is 5.78 Å². The van der Waals surface area contributed by atoms with Gasteiger partial charge in [-0.25, -0.2) is 0 Å². The number of ketones is 1. The van der Waals surface area contributed by atoms with Crippen molar-refractivity contribution in [2.75, 3.05) is 13.2 Å². The van der Waals surface area contributed by atoms with Crippen LogP contribution in [0.4, 0.5) is 0 Å². The highest BCUT2D eigenvalue weighted by Gasteiger charge is 2.36. The predicted octanol–water partition coefficient (Wildman–Crippen LogP) is 2.43. The summed E-state index contributed by atoms with van der Waals surface area (Å²) in [6.45, 7) is 1.79. The lowest BCUT2D eigenvalue weighted by molar-refractivity contribution is 0.0888. The molecular weight excluding hydrogens is 352 g/mol. The molecular formula is C20H22O7. The Morgan fingerprint density at radius 3 is 2.52 bits per heavy atom. The van der Waals surface area contributed by atoms with E-state index in [1.807, 2.05) is 6.92 Å². The fourth-order valence-electron chi connectivity index (χ4n) is 3.27. The maximum atomic E-state index is 13.0. The van der Waals surface area contributed by atoms with Crippen molar-refractivity contribution in [2.24, 2.45) is 5.92 Å². The van der Waals surface area contributed by atoms with Gasteiger partial charge in [0.05, 0.1) is 5.92 Å². The molecule has 0 amide bonds. The second-order valence-electron chi connectivity index (χ2n) is 6.89. The number of hydrogen-bond acceptors (Lipinski definition) is 7. The molecule has 144 valence electrons. The number of aliphatic hydroxyl groups excluding tert-OH is 1. The Labute approximate surface area is 156 Å². The van der Waals surface area contributed by atoms with Crippen molar-refractivity contribution in [1.82, 2.24) is 0 Å². The monoisotopic (exact) mass is 374 g/mol. The topological polar surface area (TPSA) is 127 Å². The van der Waals surface area contributed by atoms with Gasteiger partial charge < -0.3 is 30.3 Å². The highest BCUT2D eigenvalue weighted by atomic mass is 16.5. The van der Waals surface area contributed by atoms with Crippen LogP contribution in [0, 0.1) is 5.92 Å². The molecule has 0 saturated heterocycles. The Bertz CT molecular complexity index is 875. The molecule has 2 aromatic carbocycles. The van der Waals surface area contributed by atoms with Gasteiger partial charge in [0.1, 0.15) is 40.9 Å². The number of rotatable bonds is 5. The quantitative estimate of drug-likeness (QED) is 0.544. The van der Waals surface area contributed by atoms with Gasteiger partial charge in [0.2, 0.25) is 0 Å². The van der Waals surface area contributed by atoms with Crippen LogP contribution in [-0.4, -0.2) is 44.5 Å². The van der Waals surface area contributed by atoms with Gasteiger partial charge in [-0.3, -0.25) is 4.79 Å². The average Bonchev–Trinajstić information content (AvgIpc) is 2.61. The molecule has 7 heteroatoms. The number of benzene rings is 2. The molecule has 1 aliphatic heterocycles. The Balaban J connectivity index is 2.00. The minimum absolute atomic E-state index is 0.00300. The van der Waals surface area contributed by atoms with Crippen LogP contribution in [-0.2, 0) is 6.42 Å². The molecule has 0 aliphatic carbocycles. The molecule has 0 saturated carbocycles. The summed E-state index contributed by atoms with van der Waals surface area (Å²) in [5.74, 6) is -2.08. The molecule has 1 heterocycles. The SMILES string of the molecule is CC(CO)CCc1c(O)cc(O)c2c1OCC(c1ccc(O)cc1O)C2=O. The number of hydrogen-bond donors (Lipinski definition) is 5. The third-order valence-electron chi connectivity index (χ3n) is 4.89. The largest absolute Gasteiger partial charge is 0.508 e. The third-order valence-corrected chi connectivity index (χ3v) is 4.89. The van der Waals surface area contributed by atoms with E-state index in [9.17, 15) is 30.3 Å². The van der Waals surface area contributed by atoms with Crippen molar-refractivity contribution in [3.63, 3.8) is 0 Å². The number of fused-ring (bicyclic) bond motifs is 1. The standard InChI is InChI=1S/C20H22O7/c1-10(8-21)2-4-13-16(24)7-17(25)18-19(26)14(9-27-20(13)18)12-5-3-11(22)6-15(12)23/h3,5-7,10,14,21-25H,2,4,8-9H2,1H3. The zero-order chi connectivity index (χ0) is 19.7. The summed E-state index contributed by atoms with van der Waals surface area (Å²) in [5, 5.41) is 49.1. The van der Waals surface area contributed by atoms with E-state index in [0.29, 0.717) is 18.4 Å². The van der Waals surface area contributed by atoms with E-state index in [1.54, 1.807) is 0 Å². The van der Waals surface area contributed by atoms with Crippen LogP contribution in [0.15, 0.2) is 24.3 Å². The van der Waals surface area contributed by atoms with Gasteiger partial charge in [0.15, 0.2) is 5.78 Å². The Kier molecular flexibility index (Phi) is 5.14. The van der Waals surface area contributed by atoms with Crippen LogP contribution in [0.5, 0.6) is 28.7 Å². The van der Waals surface area contributed by atoms with Crippen molar-refractivity contribution in [2.45, 2.75) is 25.7 Å². The number of ether oxygens (including phenoxy) is 1. The van der Waals surface area contributed by atoms with Gasteiger partial charge in [-0.05, 0) is 24.8 Å². The molecule has 0 fully saturated rings. The molecule has 2 aromatic rings. The zero-order valence-electron chi connectivity index (χ0n) is 14.8. The lowest BCUT2D eigenvalue weighted by atomic mass is 9.86. The first-order valence-corrected chi connectivity index (χ1v) is 8.71. The molecule has 27 heavy (non-hydrogen) atoms. The minimum atomic E-state index is -0.849. The summed E-state index contributed by atoms with van der Waals surface area (Å²) in [6, 6.07) is 5.04. The lowest BCUT2D eigenvalue weighted by Gasteiger charge is -2.28. The molecule has 3 rings (SSSR count). The number of carbonyl (C=O) groups excluding carboxylic acids is 1. The van der Waals surface area contributed by atoms with E-state index >= 15 is 0 Å². The smallest absolute Gasteiger partial charge is 0.181 e. The summed E-state index contributed by atoms with van der Waals surface area (Å²) in [6.07, 6.45) is 0.944. The first-order chi connectivity index (χ1) is 12.8. The molecule has 0 spiro atoms. The second-order valence-corrected chi connectivity index (χ2v) is 6.89. The van der Waals surface area contributed by atoms with Crippen LogP contribution in [0.1, 0.15) is 40.7 Å². The van der Waals surface area contributed by atoms with Crippen LogP contribution < -0.4 is 4.74 Å². The van der Waals surface area contributed by atoms with Gasteiger partial charge in [-0.1, -0.05) is 13.0 Å². The fraction of sp³-hybridized carbons (Fsp3) is 0.350. The van der Waals surface area contributed by atoms with E-state index < -0.39 is 17.5 Å². The summed E-state index contributed by atoms with van der Waals surface area (Å²) in [5.41, 5.74) is 0.652. The lowest BCUT2D eigenvalue weighted by Crippen LogP contribution is -2.27. The Morgan fingerprint density at radius 2 is 1.85 bits per heavy atom. The maximum absolute atomic E-state index is 13.0. The summed E-state index contributed by atoms with van der Waals surface area (Å²) in [4.78, 5) is 13.0. The van der Waals surface area contributed by atoms with Crippen molar-refractivity contribution in [3.8, 4) is 28.7 Å². The predicted molar refractivity (Wildman–Crippen MR) is 96.7 cm³/mol. The highest BCUT2D eigenvalue weighted by Crippen LogP contribution is 2.45. The highest BCUT2D eigenvalue weighted by molar-refractivity contribution is 6.07. The van der Waals surface area contributed by atoms with E-state index in [2.05, 4.69) is 0 Å². The van der Waals surface area contributed by atoms with Crippen molar-refractivity contribution in [1.29, 1.82) is 0 Å². The summed E-state index contributed by atoms with van der Waals surface area (Å²) >= 11 is 0. The number of phenolic OH excluding ortho intramolecular Hbond substituents is 4. The van der Waals surface area contributed by atoms with E-state index in [4.69, 9.17) is 4.74 Å². The van der Waals surface area contributed by atoms with Gasteiger partial charge in [-0.2, -0.15) is 0 Å². The first kappa shape index (κ1) is 18.8. The molecule has 2 unspecified atom stereocenters. The molecule has 0 radical (unpaired) electrons. The average molecular weight is 374 g/mol. The normalized spacial score (nSPS) is 17.3. The van der Waals surface area contributed by atoms with Crippen LogP contribution in [0.2, 0.25) is 0 Å². The zero-order valence-corrected chi connectivity index (χ0v) is 14.8. The summed E-state index contributed by atoms with van der Waals surface area (Å²) < 4.78 is 5.73. The van der Waals surface area contributed by atoms with Gasteiger partial charge in [-0.15, -0.1) is 0 Å². The number of aliphatic hydroxyl groups is 1. The van der Waals surface area contributed by atoms with Gasteiger partial charge >= 0.3 is 0 Å². The Hall–Kier alpha value is -2.93. The summed E-state index contributed by atoms with van der Waals surface area (Å²) in [7, 11) is 0. The molecule has 7 nitrogen and oxygen atoms in total. The molecule has 0 bridgehead atoms. The first-order valence-electron chi connectivity index (χ1n) is 8.71. The molecule has 2 atom stereocenters. The number of Topliss-reactive ketones (excluding diaryl/α,β-unsaturated/α-hetero) is 1. The molecule has 0 aromatic heterocycles. The van der Waals surface area contributed by atoms with Gasteiger partial charge in [0.25, 0.3) is 0 Å². The van der Waals surface area contributed by atoms with E-state index in [1.165, 1.54) is 12.1 Å².